The van der Waals surface area contributed by atoms with Gasteiger partial charge in [-0.25, -0.2) is 0 Å². The highest BCUT2D eigenvalue weighted by Crippen LogP contribution is 2.29. The van der Waals surface area contributed by atoms with Gasteiger partial charge < -0.3 is 4.74 Å². The summed E-state index contributed by atoms with van der Waals surface area (Å²) in [5.41, 5.74) is 1.28. The third-order valence-corrected chi connectivity index (χ3v) is 3.70. The van der Waals surface area contributed by atoms with Gasteiger partial charge in [0.2, 0.25) is 0 Å². The molecule has 2 nitrogen and oxygen atoms in total. The van der Waals surface area contributed by atoms with Crippen molar-refractivity contribution in [1.82, 2.24) is 4.90 Å². The average molecular weight is 284 g/mol. The molecule has 0 N–H and O–H groups in total. The molecule has 0 aromatic heterocycles. The summed E-state index contributed by atoms with van der Waals surface area (Å²) in [4.78, 5) is 2.49. The minimum absolute atomic E-state index is 0.726. The average Bonchev–Trinajstić information content (AvgIpc) is 2.76. The Bertz CT molecular complexity index is 348. The van der Waals surface area contributed by atoms with E-state index >= 15 is 0 Å². The minimum Gasteiger partial charge on any atom is -0.494 e. The molecular weight excluding hydrogens is 266 g/mol. The summed E-state index contributed by atoms with van der Waals surface area (Å²) < 4.78 is 6.83. The first-order chi connectivity index (χ1) is 7.81. The summed E-state index contributed by atoms with van der Waals surface area (Å²) in [7, 11) is 0. The van der Waals surface area contributed by atoms with Gasteiger partial charge in [0.1, 0.15) is 5.75 Å². The van der Waals surface area contributed by atoms with E-state index in [1.165, 1.54) is 31.5 Å². The van der Waals surface area contributed by atoms with Crippen LogP contribution in [0.15, 0.2) is 22.7 Å². The Hall–Kier alpha value is -0.540. The minimum atomic E-state index is 0.726. The van der Waals surface area contributed by atoms with Crippen molar-refractivity contribution in [3.8, 4) is 5.75 Å². The van der Waals surface area contributed by atoms with Gasteiger partial charge in [0.05, 0.1) is 6.61 Å². The van der Waals surface area contributed by atoms with E-state index in [2.05, 4.69) is 33.0 Å². The van der Waals surface area contributed by atoms with E-state index in [4.69, 9.17) is 4.74 Å². The second-order valence-electron chi connectivity index (χ2n) is 4.13. The van der Waals surface area contributed by atoms with Crippen molar-refractivity contribution in [2.75, 3.05) is 19.7 Å². The van der Waals surface area contributed by atoms with Crippen molar-refractivity contribution in [3.63, 3.8) is 0 Å². The number of hydrogen-bond acceptors (Lipinski definition) is 2. The second-order valence-corrected chi connectivity index (χ2v) is 4.99. The molecule has 1 saturated heterocycles. The van der Waals surface area contributed by atoms with Gasteiger partial charge in [-0.15, -0.1) is 0 Å². The maximum absolute atomic E-state index is 5.67. The Kier molecular flexibility index (Phi) is 4.24. The predicted molar refractivity (Wildman–Crippen MR) is 69.8 cm³/mol. The van der Waals surface area contributed by atoms with Crippen LogP contribution in [0.1, 0.15) is 25.3 Å². The highest BCUT2D eigenvalue weighted by Gasteiger charge is 2.16. The number of nitrogens with zero attached hydrogens (tertiary/aromatic N) is 1. The molecule has 1 aliphatic heterocycles. The fourth-order valence-corrected chi connectivity index (χ4v) is 2.62. The van der Waals surface area contributed by atoms with Gasteiger partial charge in [0.25, 0.3) is 0 Å². The van der Waals surface area contributed by atoms with Gasteiger partial charge in [-0.3, -0.25) is 4.90 Å². The molecule has 0 atom stereocenters. The van der Waals surface area contributed by atoms with Crippen LogP contribution in [0.3, 0.4) is 0 Å². The lowest BCUT2D eigenvalue weighted by molar-refractivity contribution is 0.304. The van der Waals surface area contributed by atoms with Gasteiger partial charge in [0, 0.05) is 16.6 Å². The Balaban J connectivity index is 2.16. The van der Waals surface area contributed by atoms with Crippen LogP contribution in [0.25, 0.3) is 0 Å². The van der Waals surface area contributed by atoms with Crippen molar-refractivity contribution >= 4 is 15.9 Å². The summed E-state index contributed by atoms with van der Waals surface area (Å²) in [6.45, 7) is 6.18. The molecule has 0 spiro atoms. The Morgan fingerprint density at radius 2 is 2.06 bits per heavy atom. The van der Waals surface area contributed by atoms with Crippen LogP contribution in [0, 0.1) is 0 Å². The van der Waals surface area contributed by atoms with Crippen LogP contribution in [0.4, 0.5) is 0 Å². The molecule has 2 rings (SSSR count). The van der Waals surface area contributed by atoms with Crippen molar-refractivity contribution in [3.05, 3.63) is 28.2 Å². The lowest BCUT2D eigenvalue weighted by Gasteiger charge is -2.18. The maximum Gasteiger partial charge on any atom is 0.124 e. The van der Waals surface area contributed by atoms with E-state index in [1.54, 1.807) is 0 Å². The van der Waals surface area contributed by atoms with Crippen molar-refractivity contribution in [2.45, 2.75) is 26.3 Å². The lowest BCUT2D eigenvalue weighted by atomic mass is 10.2. The number of halogens is 1. The summed E-state index contributed by atoms with van der Waals surface area (Å²) in [5, 5.41) is 0. The molecule has 88 valence electrons. The third-order valence-electron chi connectivity index (χ3n) is 2.96. The van der Waals surface area contributed by atoms with Gasteiger partial charge in [-0.1, -0.05) is 22.0 Å². The molecule has 1 aromatic carbocycles. The molecule has 16 heavy (non-hydrogen) atoms. The molecule has 3 heteroatoms. The molecule has 1 fully saturated rings. The topological polar surface area (TPSA) is 12.5 Å². The molecule has 0 radical (unpaired) electrons. The number of hydrogen-bond donors (Lipinski definition) is 0. The summed E-state index contributed by atoms with van der Waals surface area (Å²) in [6, 6.07) is 6.18. The standard InChI is InChI=1S/C13H18BrNO/c1-2-16-13-7-5-6-12(14)11(13)10-15-8-3-4-9-15/h5-7H,2-4,8-10H2,1H3. The summed E-state index contributed by atoms with van der Waals surface area (Å²) in [5.74, 6) is 1.02. The van der Waals surface area contributed by atoms with E-state index in [9.17, 15) is 0 Å². The van der Waals surface area contributed by atoms with Crippen molar-refractivity contribution in [1.29, 1.82) is 0 Å². The van der Waals surface area contributed by atoms with Crippen LogP contribution in [0.2, 0.25) is 0 Å². The Morgan fingerprint density at radius 3 is 2.75 bits per heavy atom. The molecular formula is C13H18BrNO. The van der Waals surface area contributed by atoms with Crippen LogP contribution >= 0.6 is 15.9 Å². The first kappa shape index (κ1) is 11.9. The van der Waals surface area contributed by atoms with Crippen LogP contribution in [-0.4, -0.2) is 24.6 Å². The van der Waals surface area contributed by atoms with E-state index in [1.807, 2.05) is 13.0 Å². The molecule has 1 aliphatic rings. The zero-order valence-corrected chi connectivity index (χ0v) is 11.3. The first-order valence-corrected chi connectivity index (χ1v) is 6.73. The highest BCUT2D eigenvalue weighted by molar-refractivity contribution is 9.10. The first-order valence-electron chi connectivity index (χ1n) is 5.94. The van der Waals surface area contributed by atoms with E-state index in [-0.39, 0.29) is 0 Å². The molecule has 0 unspecified atom stereocenters. The number of rotatable bonds is 4. The monoisotopic (exact) mass is 283 g/mol. The summed E-state index contributed by atoms with van der Waals surface area (Å²) in [6.07, 6.45) is 2.66. The highest BCUT2D eigenvalue weighted by atomic mass is 79.9. The van der Waals surface area contributed by atoms with Crippen molar-refractivity contribution in [2.24, 2.45) is 0 Å². The second kappa shape index (κ2) is 5.69. The van der Waals surface area contributed by atoms with Crippen LogP contribution in [-0.2, 0) is 6.54 Å². The van der Waals surface area contributed by atoms with Gasteiger partial charge in [0.15, 0.2) is 0 Å². The molecule has 0 aliphatic carbocycles. The predicted octanol–water partition coefficient (Wildman–Crippen LogP) is 3.44. The third kappa shape index (κ3) is 2.77. The molecule has 0 bridgehead atoms. The fourth-order valence-electron chi connectivity index (χ4n) is 2.15. The lowest BCUT2D eigenvalue weighted by Crippen LogP contribution is -2.19. The zero-order valence-electron chi connectivity index (χ0n) is 9.71. The van der Waals surface area contributed by atoms with Gasteiger partial charge in [-0.2, -0.15) is 0 Å². The fraction of sp³-hybridized carbons (Fsp3) is 0.538. The van der Waals surface area contributed by atoms with Gasteiger partial charge >= 0.3 is 0 Å². The smallest absolute Gasteiger partial charge is 0.124 e. The zero-order chi connectivity index (χ0) is 11.4. The van der Waals surface area contributed by atoms with Gasteiger partial charge in [-0.05, 0) is 45.0 Å². The normalized spacial score (nSPS) is 16.6. The van der Waals surface area contributed by atoms with Crippen LogP contribution in [0.5, 0.6) is 5.75 Å². The molecule has 1 aromatic rings. The van der Waals surface area contributed by atoms with E-state index in [0.29, 0.717) is 0 Å². The Morgan fingerprint density at radius 1 is 1.31 bits per heavy atom. The molecule has 0 amide bonds. The molecule has 0 saturated carbocycles. The summed E-state index contributed by atoms with van der Waals surface area (Å²) >= 11 is 3.62. The Labute approximate surface area is 106 Å². The van der Waals surface area contributed by atoms with E-state index < -0.39 is 0 Å². The van der Waals surface area contributed by atoms with Crippen molar-refractivity contribution < 1.29 is 4.74 Å². The van der Waals surface area contributed by atoms with E-state index in [0.717, 1.165) is 23.4 Å². The number of likely N-dealkylation sites (tertiary alicyclic amines) is 1. The number of ether oxygens (including phenoxy) is 1. The maximum atomic E-state index is 5.67. The molecule has 1 heterocycles. The number of benzene rings is 1. The largest absolute Gasteiger partial charge is 0.494 e. The quantitative estimate of drug-likeness (QED) is 0.839. The SMILES string of the molecule is CCOc1cccc(Br)c1CN1CCCC1. The van der Waals surface area contributed by atoms with Crippen LogP contribution < -0.4 is 4.74 Å².